The SMILES string of the molecule is C[C@@H]1C(=O)NC[C@H]1c1c(F)cc(N(C)C)cc1F.O=C=O. The maximum absolute atomic E-state index is 14.0. The highest BCUT2D eigenvalue weighted by molar-refractivity contribution is 5.82. The molecule has 1 N–H and O–H groups in total. The van der Waals surface area contributed by atoms with Gasteiger partial charge in [0, 0.05) is 43.7 Å². The van der Waals surface area contributed by atoms with E-state index in [9.17, 15) is 13.6 Å². The van der Waals surface area contributed by atoms with Gasteiger partial charge in [0.2, 0.25) is 5.91 Å². The molecular weight excluding hydrogens is 282 g/mol. The van der Waals surface area contributed by atoms with Gasteiger partial charge in [0.25, 0.3) is 0 Å². The van der Waals surface area contributed by atoms with Gasteiger partial charge in [-0.25, -0.2) is 8.78 Å². The van der Waals surface area contributed by atoms with Gasteiger partial charge in [-0.15, -0.1) is 0 Å². The molecule has 1 aromatic rings. The molecule has 0 unspecified atom stereocenters. The van der Waals surface area contributed by atoms with Gasteiger partial charge in [0.1, 0.15) is 11.6 Å². The van der Waals surface area contributed by atoms with Crippen molar-refractivity contribution in [3.8, 4) is 0 Å². The Morgan fingerprint density at radius 1 is 1.24 bits per heavy atom. The molecular formula is C14H16F2N2O3. The van der Waals surface area contributed by atoms with Crippen LogP contribution < -0.4 is 10.2 Å². The third-order valence-electron chi connectivity index (χ3n) is 3.46. The van der Waals surface area contributed by atoms with E-state index in [4.69, 9.17) is 9.59 Å². The van der Waals surface area contributed by atoms with Gasteiger partial charge in [-0.05, 0) is 12.1 Å². The summed E-state index contributed by atoms with van der Waals surface area (Å²) in [6.45, 7) is 1.97. The number of carbonyl (C=O) groups is 1. The molecule has 2 rings (SSSR count). The molecule has 0 spiro atoms. The molecule has 0 radical (unpaired) electrons. The zero-order chi connectivity index (χ0) is 16.2. The molecule has 0 aromatic heterocycles. The van der Waals surface area contributed by atoms with Gasteiger partial charge in [0.15, 0.2) is 0 Å². The number of hydrogen-bond acceptors (Lipinski definition) is 4. The molecule has 21 heavy (non-hydrogen) atoms. The predicted octanol–water partition coefficient (Wildman–Crippen LogP) is 1.30. The van der Waals surface area contributed by atoms with Crippen LogP contribution in [0.15, 0.2) is 12.1 Å². The second-order valence-electron chi connectivity index (χ2n) is 4.94. The Bertz CT molecular complexity index is 546. The summed E-state index contributed by atoms with van der Waals surface area (Å²) in [7, 11) is 3.44. The average molecular weight is 298 g/mol. The number of benzene rings is 1. The molecule has 1 aliphatic heterocycles. The molecule has 1 amide bonds. The van der Waals surface area contributed by atoms with E-state index >= 15 is 0 Å². The van der Waals surface area contributed by atoms with E-state index in [1.165, 1.54) is 12.1 Å². The minimum absolute atomic E-state index is 0.00597. The Morgan fingerprint density at radius 2 is 1.71 bits per heavy atom. The summed E-state index contributed by atoms with van der Waals surface area (Å²) in [5.41, 5.74) is 0.477. The van der Waals surface area contributed by atoms with E-state index < -0.39 is 23.5 Å². The fraction of sp³-hybridized carbons (Fsp3) is 0.429. The Morgan fingerprint density at radius 3 is 2.05 bits per heavy atom. The molecule has 114 valence electrons. The lowest BCUT2D eigenvalue weighted by atomic mass is 9.89. The monoisotopic (exact) mass is 298 g/mol. The fourth-order valence-electron chi connectivity index (χ4n) is 2.27. The lowest BCUT2D eigenvalue weighted by Gasteiger charge is -2.18. The standard InChI is InChI=1S/C13H16F2N2O.CO2/c1-7-9(6-16-13(7)18)12-10(14)4-8(17(2)3)5-11(12)15;2-1-3/h4-5,7,9H,6H2,1-3H3,(H,16,18);/t7-,9+;/m0./s1. The molecule has 7 heteroatoms. The van der Waals surface area contributed by atoms with Crippen molar-refractivity contribution in [3.63, 3.8) is 0 Å². The van der Waals surface area contributed by atoms with Crippen LogP contribution in [-0.4, -0.2) is 32.7 Å². The Kier molecular flexibility index (Phi) is 5.55. The van der Waals surface area contributed by atoms with Crippen LogP contribution in [0.5, 0.6) is 0 Å². The van der Waals surface area contributed by atoms with Crippen molar-refractivity contribution in [3.05, 3.63) is 29.3 Å². The summed E-state index contributed by atoms with van der Waals surface area (Å²) in [6.07, 6.45) is 0.250. The van der Waals surface area contributed by atoms with Gasteiger partial charge in [-0.3, -0.25) is 4.79 Å². The number of rotatable bonds is 2. The van der Waals surface area contributed by atoms with Gasteiger partial charge in [0.05, 0.1) is 0 Å². The largest absolute Gasteiger partial charge is 0.377 e. The molecule has 1 saturated heterocycles. The van der Waals surface area contributed by atoms with Crippen LogP contribution in [0.1, 0.15) is 18.4 Å². The molecule has 2 atom stereocenters. The lowest BCUT2D eigenvalue weighted by molar-refractivity contribution is -0.191. The highest BCUT2D eigenvalue weighted by Crippen LogP contribution is 2.34. The number of halogens is 2. The van der Waals surface area contributed by atoms with Gasteiger partial charge in [-0.2, -0.15) is 9.59 Å². The average Bonchev–Trinajstić information content (AvgIpc) is 2.71. The van der Waals surface area contributed by atoms with Crippen molar-refractivity contribution in [2.24, 2.45) is 5.92 Å². The highest BCUT2D eigenvalue weighted by Gasteiger charge is 2.35. The summed E-state index contributed by atoms with van der Waals surface area (Å²) in [6, 6.07) is 2.60. The van der Waals surface area contributed by atoms with E-state index in [1.807, 2.05) is 0 Å². The molecule has 0 bridgehead atoms. The number of amides is 1. The molecule has 1 aromatic carbocycles. The normalized spacial score (nSPS) is 20.1. The lowest BCUT2D eigenvalue weighted by Crippen LogP contribution is -2.17. The van der Waals surface area contributed by atoms with E-state index in [0.29, 0.717) is 5.69 Å². The summed E-state index contributed by atoms with van der Waals surface area (Å²) < 4.78 is 28.0. The number of anilines is 1. The summed E-state index contributed by atoms with van der Waals surface area (Å²) in [5.74, 6) is -2.18. The van der Waals surface area contributed by atoms with Crippen molar-refractivity contribution in [2.75, 3.05) is 25.5 Å². The fourth-order valence-corrected chi connectivity index (χ4v) is 2.27. The van der Waals surface area contributed by atoms with Gasteiger partial charge >= 0.3 is 6.15 Å². The van der Waals surface area contributed by atoms with Crippen LogP contribution in [0.2, 0.25) is 0 Å². The van der Waals surface area contributed by atoms with Crippen LogP contribution in [-0.2, 0) is 14.4 Å². The van der Waals surface area contributed by atoms with E-state index in [-0.39, 0.29) is 24.2 Å². The number of carbonyl (C=O) groups excluding carboxylic acids is 3. The zero-order valence-electron chi connectivity index (χ0n) is 11.9. The maximum Gasteiger partial charge on any atom is 0.373 e. The third-order valence-corrected chi connectivity index (χ3v) is 3.46. The molecule has 0 aliphatic carbocycles. The van der Waals surface area contributed by atoms with Crippen molar-refractivity contribution >= 4 is 17.7 Å². The quantitative estimate of drug-likeness (QED) is 0.893. The minimum Gasteiger partial charge on any atom is -0.377 e. The molecule has 1 aliphatic rings. The van der Waals surface area contributed by atoms with E-state index in [2.05, 4.69) is 5.32 Å². The first-order valence-electron chi connectivity index (χ1n) is 6.26. The van der Waals surface area contributed by atoms with Crippen LogP contribution in [0, 0.1) is 17.6 Å². The van der Waals surface area contributed by atoms with Crippen molar-refractivity contribution in [2.45, 2.75) is 12.8 Å². The van der Waals surface area contributed by atoms with Crippen LogP contribution >= 0.6 is 0 Å². The number of nitrogens with one attached hydrogen (secondary N) is 1. The molecule has 5 nitrogen and oxygen atoms in total. The number of hydrogen-bond donors (Lipinski definition) is 1. The van der Waals surface area contributed by atoms with Crippen LogP contribution in [0.25, 0.3) is 0 Å². The summed E-state index contributed by atoms with van der Waals surface area (Å²) in [5, 5.41) is 2.63. The maximum atomic E-state index is 14.0. The predicted molar refractivity (Wildman–Crippen MR) is 70.6 cm³/mol. The third kappa shape index (κ3) is 3.64. The van der Waals surface area contributed by atoms with E-state index in [1.54, 1.807) is 25.9 Å². The van der Waals surface area contributed by atoms with Crippen LogP contribution in [0.4, 0.5) is 14.5 Å². The first-order chi connectivity index (χ1) is 9.83. The van der Waals surface area contributed by atoms with E-state index in [0.717, 1.165) is 0 Å². The van der Waals surface area contributed by atoms with Crippen molar-refractivity contribution in [1.29, 1.82) is 0 Å². The van der Waals surface area contributed by atoms with Crippen molar-refractivity contribution in [1.82, 2.24) is 5.32 Å². The Balaban J connectivity index is 0.000000677. The van der Waals surface area contributed by atoms with Crippen molar-refractivity contribution < 1.29 is 23.2 Å². The molecule has 1 fully saturated rings. The second kappa shape index (κ2) is 6.95. The Labute approximate surface area is 120 Å². The van der Waals surface area contributed by atoms with Gasteiger partial charge in [-0.1, -0.05) is 6.92 Å². The zero-order valence-corrected chi connectivity index (χ0v) is 11.9. The highest BCUT2D eigenvalue weighted by atomic mass is 19.1. The van der Waals surface area contributed by atoms with Gasteiger partial charge < -0.3 is 10.2 Å². The first kappa shape index (κ1) is 16.8. The summed E-state index contributed by atoms with van der Waals surface area (Å²) in [4.78, 5) is 29.3. The number of nitrogens with zero attached hydrogens (tertiary/aromatic N) is 1. The van der Waals surface area contributed by atoms with Crippen LogP contribution in [0.3, 0.4) is 0 Å². The topological polar surface area (TPSA) is 66.5 Å². The second-order valence-corrected chi connectivity index (χ2v) is 4.94. The smallest absolute Gasteiger partial charge is 0.373 e. The molecule has 1 heterocycles. The Hall–Kier alpha value is -2.27. The summed E-state index contributed by atoms with van der Waals surface area (Å²) >= 11 is 0. The minimum atomic E-state index is -0.591. The molecule has 0 saturated carbocycles. The first-order valence-corrected chi connectivity index (χ1v) is 6.26.